The van der Waals surface area contributed by atoms with Crippen molar-refractivity contribution in [3.63, 3.8) is 0 Å². The van der Waals surface area contributed by atoms with Gasteiger partial charge in [-0.05, 0) is 52.9 Å². The molecule has 0 saturated carbocycles. The number of nitrogen functional groups attached to an aromatic ring is 1. The summed E-state index contributed by atoms with van der Waals surface area (Å²) in [6.45, 7) is 0. The molecule has 0 atom stereocenters. The second-order valence-corrected chi connectivity index (χ2v) is 6.06. The third-order valence-corrected chi connectivity index (χ3v) is 4.21. The molecule has 0 radical (unpaired) electrons. The first-order chi connectivity index (χ1) is 10.2. The standard InChI is InChI=1S/C16H11IN4/c17-11-4-5-15-13(8-11)20-16(18)21(15)14-3-1-2-10-9-19-7-6-12(10)14/h1-9H,(H2,18,20). The van der Waals surface area contributed by atoms with Crippen LogP contribution >= 0.6 is 22.6 Å². The van der Waals surface area contributed by atoms with Crippen LogP contribution in [-0.4, -0.2) is 14.5 Å². The van der Waals surface area contributed by atoms with Gasteiger partial charge < -0.3 is 5.73 Å². The molecule has 4 rings (SSSR count). The number of nitrogens with zero attached hydrogens (tertiary/aromatic N) is 3. The lowest BCUT2D eigenvalue weighted by Crippen LogP contribution is -2.01. The van der Waals surface area contributed by atoms with E-state index >= 15 is 0 Å². The maximum Gasteiger partial charge on any atom is 0.205 e. The topological polar surface area (TPSA) is 56.7 Å². The van der Waals surface area contributed by atoms with Gasteiger partial charge in [-0.2, -0.15) is 0 Å². The maximum absolute atomic E-state index is 6.16. The summed E-state index contributed by atoms with van der Waals surface area (Å²) in [6.07, 6.45) is 3.65. The van der Waals surface area contributed by atoms with Gasteiger partial charge in [0.15, 0.2) is 0 Å². The SMILES string of the molecule is Nc1nc2cc(I)ccc2n1-c1cccc2cnccc12. The largest absolute Gasteiger partial charge is 0.369 e. The molecule has 4 aromatic rings. The summed E-state index contributed by atoms with van der Waals surface area (Å²) in [6, 6.07) is 14.3. The average molecular weight is 386 g/mol. The number of aromatic nitrogens is 3. The van der Waals surface area contributed by atoms with Crippen LogP contribution in [0.15, 0.2) is 54.9 Å². The first-order valence-electron chi connectivity index (χ1n) is 6.50. The molecule has 5 heteroatoms. The Kier molecular flexibility index (Phi) is 2.81. The molecule has 0 aliphatic carbocycles. The van der Waals surface area contributed by atoms with E-state index in [1.165, 1.54) is 0 Å². The minimum absolute atomic E-state index is 0.497. The Hall–Kier alpha value is -2.15. The van der Waals surface area contributed by atoms with E-state index in [1.807, 2.05) is 35.0 Å². The van der Waals surface area contributed by atoms with Gasteiger partial charge in [0.2, 0.25) is 5.95 Å². The molecule has 0 fully saturated rings. The summed E-state index contributed by atoms with van der Waals surface area (Å²) >= 11 is 2.28. The molecule has 102 valence electrons. The van der Waals surface area contributed by atoms with E-state index in [2.05, 4.69) is 50.8 Å². The summed E-state index contributed by atoms with van der Waals surface area (Å²) in [5, 5.41) is 2.19. The molecule has 0 bridgehead atoms. The maximum atomic E-state index is 6.16. The highest BCUT2D eigenvalue weighted by molar-refractivity contribution is 14.1. The number of pyridine rings is 1. The van der Waals surface area contributed by atoms with Crippen molar-refractivity contribution in [1.82, 2.24) is 14.5 Å². The highest BCUT2D eigenvalue weighted by Crippen LogP contribution is 2.28. The minimum atomic E-state index is 0.497. The molecule has 0 aliphatic heterocycles. The van der Waals surface area contributed by atoms with Crippen LogP contribution in [0.25, 0.3) is 27.5 Å². The van der Waals surface area contributed by atoms with Crippen LogP contribution in [0, 0.1) is 3.57 Å². The highest BCUT2D eigenvalue weighted by atomic mass is 127. The van der Waals surface area contributed by atoms with Crippen LogP contribution in [0.5, 0.6) is 0 Å². The Balaban J connectivity index is 2.11. The third-order valence-electron chi connectivity index (χ3n) is 3.54. The van der Waals surface area contributed by atoms with Crippen molar-refractivity contribution in [3.8, 4) is 5.69 Å². The zero-order valence-electron chi connectivity index (χ0n) is 11.0. The van der Waals surface area contributed by atoms with Crippen LogP contribution < -0.4 is 5.73 Å². The third kappa shape index (κ3) is 1.96. The lowest BCUT2D eigenvalue weighted by molar-refractivity contribution is 1.12. The quantitative estimate of drug-likeness (QED) is 0.507. The number of benzene rings is 2. The van der Waals surface area contributed by atoms with Crippen molar-refractivity contribution in [2.45, 2.75) is 0 Å². The average Bonchev–Trinajstić information content (AvgIpc) is 2.81. The van der Waals surface area contributed by atoms with Gasteiger partial charge in [-0.15, -0.1) is 0 Å². The highest BCUT2D eigenvalue weighted by Gasteiger charge is 2.12. The molecule has 2 heterocycles. The van der Waals surface area contributed by atoms with Gasteiger partial charge >= 0.3 is 0 Å². The Morgan fingerprint density at radius 1 is 1.10 bits per heavy atom. The summed E-state index contributed by atoms with van der Waals surface area (Å²) < 4.78 is 3.14. The number of halogens is 1. The van der Waals surface area contributed by atoms with E-state index in [9.17, 15) is 0 Å². The van der Waals surface area contributed by atoms with Gasteiger partial charge in [0.25, 0.3) is 0 Å². The molecule has 2 N–H and O–H groups in total. The van der Waals surface area contributed by atoms with Gasteiger partial charge in [-0.25, -0.2) is 4.98 Å². The van der Waals surface area contributed by atoms with Crippen LogP contribution in [0.1, 0.15) is 0 Å². The monoisotopic (exact) mass is 386 g/mol. The zero-order chi connectivity index (χ0) is 14.4. The van der Waals surface area contributed by atoms with Gasteiger partial charge in [0.1, 0.15) is 0 Å². The molecular weight excluding hydrogens is 375 g/mol. The predicted octanol–water partition coefficient (Wildman–Crippen LogP) is 3.76. The van der Waals surface area contributed by atoms with Crippen molar-refractivity contribution >= 4 is 50.3 Å². The van der Waals surface area contributed by atoms with Crippen molar-refractivity contribution in [1.29, 1.82) is 0 Å². The lowest BCUT2D eigenvalue weighted by Gasteiger charge is -2.10. The summed E-state index contributed by atoms with van der Waals surface area (Å²) in [5.74, 6) is 0.497. The van der Waals surface area contributed by atoms with E-state index < -0.39 is 0 Å². The lowest BCUT2D eigenvalue weighted by atomic mass is 10.1. The summed E-state index contributed by atoms with van der Waals surface area (Å²) in [4.78, 5) is 8.65. The van der Waals surface area contributed by atoms with E-state index in [-0.39, 0.29) is 0 Å². The fraction of sp³-hybridized carbons (Fsp3) is 0. The number of hydrogen-bond acceptors (Lipinski definition) is 3. The Bertz CT molecular complexity index is 969. The van der Waals surface area contributed by atoms with Gasteiger partial charge in [-0.3, -0.25) is 9.55 Å². The number of hydrogen-bond donors (Lipinski definition) is 1. The number of imidazole rings is 1. The molecular formula is C16H11IN4. The van der Waals surface area contributed by atoms with Crippen molar-refractivity contribution in [2.24, 2.45) is 0 Å². The fourth-order valence-electron chi connectivity index (χ4n) is 2.63. The number of anilines is 1. The number of nitrogens with two attached hydrogens (primary N) is 1. The molecule has 0 unspecified atom stereocenters. The predicted molar refractivity (Wildman–Crippen MR) is 93.5 cm³/mol. The molecule has 0 saturated heterocycles. The summed E-state index contributed by atoms with van der Waals surface area (Å²) in [5.41, 5.74) is 9.10. The van der Waals surface area contributed by atoms with E-state index in [0.717, 1.165) is 31.1 Å². The van der Waals surface area contributed by atoms with Gasteiger partial charge in [0, 0.05) is 26.7 Å². The zero-order valence-corrected chi connectivity index (χ0v) is 13.2. The van der Waals surface area contributed by atoms with Crippen molar-refractivity contribution in [2.75, 3.05) is 5.73 Å². The van der Waals surface area contributed by atoms with Crippen molar-refractivity contribution in [3.05, 3.63) is 58.4 Å². The van der Waals surface area contributed by atoms with Gasteiger partial charge in [-0.1, -0.05) is 12.1 Å². The number of rotatable bonds is 1. The normalized spacial score (nSPS) is 11.3. The van der Waals surface area contributed by atoms with Gasteiger partial charge in [0.05, 0.1) is 16.7 Å². The molecule has 0 aliphatic rings. The van der Waals surface area contributed by atoms with Crippen molar-refractivity contribution < 1.29 is 0 Å². The Morgan fingerprint density at radius 2 is 2.00 bits per heavy atom. The first-order valence-corrected chi connectivity index (χ1v) is 7.58. The van der Waals surface area contributed by atoms with Crippen LogP contribution in [0.3, 0.4) is 0 Å². The summed E-state index contributed by atoms with van der Waals surface area (Å²) in [7, 11) is 0. The first kappa shape index (κ1) is 12.6. The molecule has 2 aromatic heterocycles. The molecule has 0 spiro atoms. The smallest absolute Gasteiger partial charge is 0.205 e. The Labute approximate surface area is 134 Å². The van der Waals surface area contributed by atoms with E-state index in [0.29, 0.717) is 5.95 Å². The van der Waals surface area contributed by atoms with Crippen LogP contribution in [0.4, 0.5) is 5.95 Å². The minimum Gasteiger partial charge on any atom is -0.369 e. The van der Waals surface area contributed by atoms with Crippen LogP contribution in [0.2, 0.25) is 0 Å². The Morgan fingerprint density at radius 3 is 2.90 bits per heavy atom. The molecule has 4 nitrogen and oxygen atoms in total. The van der Waals surface area contributed by atoms with E-state index in [1.54, 1.807) is 6.20 Å². The molecule has 21 heavy (non-hydrogen) atoms. The van der Waals surface area contributed by atoms with Crippen LogP contribution in [-0.2, 0) is 0 Å². The number of fused-ring (bicyclic) bond motifs is 2. The second-order valence-electron chi connectivity index (χ2n) is 4.81. The molecule has 2 aromatic carbocycles. The molecule has 0 amide bonds. The van der Waals surface area contributed by atoms with E-state index in [4.69, 9.17) is 5.73 Å². The fourth-order valence-corrected chi connectivity index (χ4v) is 3.10. The second kappa shape index (κ2) is 4.70.